The number of likely N-dealkylation sites (N-methyl/N-ethyl adjacent to an activating group) is 1. The fourth-order valence-electron chi connectivity index (χ4n) is 2.49. The number of hydrogen-bond acceptors (Lipinski definition) is 4. The highest BCUT2D eigenvalue weighted by atomic mass is 16.5. The molecule has 104 valence electrons. The summed E-state index contributed by atoms with van der Waals surface area (Å²) in [4.78, 5) is 25.7. The molecular formula is C13H24N2O3. The molecule has 1 N–H and O–H groups in total. The lowest BCUT2D eigenvalue weighted by atomic mass is 9.94. The van der Waals surface area contributed by atoms with Crippen molar-refractivity contribution in [3.63, 3.8) is 0 Å². The maximum atomic E-state index is 12.4. The van der Waals surface area contributed by atoms with E-state index in [2.05, 4.69) is 5.32 Å². The van der Waals surface area contributed by atoms with Gasteiger partial charge in [-0.25, -0.2) is 4.79 Å². The van der Waals surface area contributed by atoms with Crippen molar-refractivity contribution < 1.29 is 14.3 Å². The number of carbonyl (C=O) groups is 2. The minimum Gasteiger partial charge on any atom is -0.467 e. The number of nitrogens with zero attached hydrogens (tertiary/aromatic N) is 1. The maximum Gasteiger partial charge on any atom is 0.328 e. The second kappa shape index (κ2) is 6.73. The summed E-state index contributed by atoms with van der Waals surface area (Å²) < 4.78 is 4.79. The molecule has 1 heterocycles. The maximum absolute atomic E-state index is 12.4. The van der Waals surface area contributed by atoms with Gasteiger partial charge in [0.25, 0.3) is 0 Å². The Balaban J connectivity index is 2.72. The zero-order valence-corrected chi connectivity index (χ0v) is 11.7. The third kappa shape index (κ3) is 3.45. The van der Waals surface area contributed by atoms with Gasteiger partial charge in [-0.3, -0.25) is 4.79 Å². The first-order valence-corrected chi connectivity index (χ1v) is 6.54. The predicted octanol–water partition coefficient (Wildman–Crippen LogP) is 0.642. The Morgan fingerprint density at radius 1 is 1.28 bits per heavy atom. The van der Waals surface area contributed by atoms with Gasteiger partial charge in [-0.2, -0.15) is 0 Å². The van der Waals surface area contributed by atoms with Gasteiger partial charge in [-0.15, -0.1) is 0 Å². The normalized spacial score (nSPS) is 18.5. The largest absolute Gasteiger partial charge is 0.467 e. The van der Waals surface area contributed by atoms with Gasteiger partial charge in [0.15, 0.2) is 0 Å². The molecule has 0 aromatic rings. The molecule has 0 radical (unpaired) electrons. The molecule has 5 nitrogen and oxygen atoms in total. The molecule has 1 saturated heterocycles. The number of hydrogen-bond donors (Lipinski definition) is 1. The summed E-state index contributed by atoms with van der Waals surface area (Å²) in [5.74, 6) is -0.203. The summed E-state index contributed by atoms with van der Waals surface area (Å²) in [7, 11) is 3.06. The molecule has 0 bridgehead atoms. The SMILES string of the molecule is COC(=O)[C@H](C(C)C)N(C)C(=O)C1CCNCC1. The van der Waals surface area contributed by atoms with Crippen LogP contribution in [-0.2, 0) is 14.3 Å². The van der Waals surface area contributed by atoms with E-state index in [1.807, 2.05) is 13.8 Å². The van der Waals surface area contributed by atoms with Crippen molar-refractivity contribution in [3.8, 4) is 0 Å². The van der Waals surface area contributed by atoms with Gasteiger partial charge in [0.2, 0.25) is 5.91 Å². The van der Waals surface area contributed by atoms with Gasteiger partial charge in [-0.1, -0.05) is 13.8 Å². The first-order valence-electron chi connectivity index (χ1n) is 6.54. The van der Waals surface area contributed by atoms with E-state index in [4.69, 9.17) is 4.74 Å². The Morgan fingerprint density at radius 2 is 1.83 bits per heavy atom. The zero-order chi connectivity index (χ0) is 13.7. The van der Waals surface area contributed by atoms with Crippen LogP contribution in [0, 0.1) is 11.8 Å². The third-order valence-corrected chi connectivity index (χ3v) is 3.53. The Kier molecular flexibility index (Phi) is 5.59. The second-order valence-electron chi connectivity index (χ2n) is 5.19. The Hall–Kier alpha value is -1.10. The van der Waals surface area contributed by atoms with Crippen LogP contribution in [0.2, 0.25) is 0 Å². The minimum absolute atomic E-state index is 0.0298. The van der Waals surface area contributed by atoms with Gasteiger partial charge in [0, 0.05) is 13.0 Å². The van der Waals surface area contributed by atoms with E-state index < -0.39 is 6.04 Å². The van der Waals surface area contributed by atoms with Crippen LogP contribution in [0.5, 0.6) is 0 Å². The summed E-state index contributed by atoms with van der Waals surface area (Å²) in [5.41, 5.74) is 0. The van der Waals surface area contributed by atoms with Crippen molar-refractivity contribution in [1.29, 1.82) is 0 Å². The van der Waals surface area contributed by atoms with E-state index in [0.717, 1.165) is 25.9 Å². The van der Waals surface area contributed by atoms with Crippen LogP contribution in [0.1, 0.15) is 26.7 Å². The molecular weight excluding hydrogens is 232 g/mol. The van der Waals surface area contributed by atoms with Crippen LogP contribution in [0.3, 0.4) is 0 Å². The fraction of sp³-hybridized carbons (Fsp3) is 0.846. The lowest BCUT2D eigenvalue weighted by Crippen LogP contribution is -2.49. The number of esters is 1. The minimum atomic E-state index is -0.489. The number of nitrogens with one attached hydrogen (secondary N) is 1. The third-order valence-electron chi connectivity index (χ3n) is 3.53. The van der Waals surface area contributed by atoms with E-state index >= 15 is 0 Å². The molecule has 0 aromatic carbocycles. The summed E-state index contributed by atoms with van der Waals surface area (Å²) in [6.07, 6.45) is 1.68. The topological polar surface area (TPSA) is 58.6 Å². The van der Waals surface area contributed by atoms with Crippen molar-refractivity contribution in [3.05, 3.63) is 0 Å². The highest BCUT2D eigenvalue weighted by Gasteiger charge is 2.34. The van der Waals surface area contributed by atoms with Crippen LogP contribution in [0.4, 0.5) is 0 Å². The molecule has 1 fully saturated rings. The number of piperidine rings is 1. The standard InChI is InChI=1S/C13H24N2O3/c1-9(2)11(13(17)18-4)15(3)12(16)10-5-7-14-8-6-10/h9-11,14H,5-8H2,1-4H3/t11-/m0/s1. The van der Waals surface area contributed by atoms with Crippen LogP contribution in [0.15, 0.2) is 0 Å². The van der Waals surface area contributed by atoms with E-state index in [-0.39, 0.29) is 23.7 Å². The Labute approximate surface area is 109 Å². The smallest absolute Gasteiger partial charge is 0.328 e. The summed E-state index contributed by atoms with van der Waals surface area (Å²) in [5, 5.41) is 3.23. The molecule has 1 aliphatic rings. The van der Waals surface area contributed by atoms with Crippen molar-refractivity contribution in [1.82, 2.24) is 10.2 Å². The average molecular weight is 256 g/mol. The molecule has 0 aromatic heterocycles. The second-order valence-corrected chi connectivity index (χ2v) is 5.19. The first-order chi connectivity index (χ1) is 8.49. The number of amides is 1. The van der Waals surface area contributed by atoms with Crippen molar-refractivity contribution >= 4 is 11.9 Å². The molecule has 1 amide bonds. The average Bonchev–Trinajstić information content (AvgIpc) is 2.38. The van der Waals surface area contributed by atoms with Gasteiger partial charge >= 0.3 is 5.97 Å². The number of methoxy groups -OCH3 is 1. The summed E-state index contributed by atoms with van der Waals surface area (Å²) in [6.45, 7) is 5.59. The van der Waals surface area contributed by atoms with Crippen molar-refractivity contribution in [2.24, 2.45) is 11.8 Å². The summed E-state index contributed by atoms with van der Waals surface area (Å²) >= 11 is 0. The van der Waals surface area contributed by atoms with E-state index in [1.54, 1.807) is 11.9 Å². The van der Waals surface area contributed by atoms with E-state index in [9.17, 15) is 9.59 Å². The lowest BCUT2D eigenvalue weighted by molar-refractivity contribution is -0.155. The first kappa shape index (κ1) is 15.0. The monoisotopic (exact) mass is 256 g/mol. The zero-order valence-electron chi connectivity index (χ0n) is 11.7. The van der Waals surface area contributed by atoms with Crippen molar-refractivity contribution in [2.75, 3.05) is 27.2 Å². The van der Waals surface area contributed by atoms with E-state index in [1.165, 1.54) is 7.11 Å². The number of ether oxygens (including phenoxy) is 1. The van der Waals surface area contributed by atoms with Crippen molar-refractivity contribution in [2.45, 2.75) is 32.7 Å². The molecule has 0 spiro atoms. The van der Waals surface area contributed by atoms with Gasteiger partial charge in [0.05, 0.1) is 7.11 Å². The molecule has 0 saturated carbocycles. The lowest BCUT2D eigenvalue weighted by Gasteiger charge is -2.33. The predicted molar refractivity (Wildman–Crippen MR) is 69.0 cm³/mol. The van der Waals surface area contributed by atoms with Crippen LogP contribution >= 0.6 is 0 Å². The highest BCUT2D eigenvalue weighted by Crippen LogP contribution is 2.19. The fourth-order valence-corrected chi connectivity index (χ4v) is 2.49. The van der Waals surface area contributed by atoms with Gasteiger partial charge in [-0.05, 0) is 31.8 Å². The molecule has 5 heteroatoms. The molecule has 1 atom stereocenters. The van der Waals surface area contributed by atoms with E-state index in [0.29, 0.717) is 0 Å². The molecule has 1 aliphatic heterocycles. The Bertz CT molecular complexity index is 299. The van der Waals surface area contributed by atoms with Crippen LogP contribution in [-0.4, -0.2) is 50.1 Å². The number of carbonyl (C=O) groups excluding carboxylic acids is 2. The van der Waals surface area contributed by atoms with Gasteiger partial charge in [0.1, 0.15) is 6.04 Å². The molecule has 0 aliphatic carbocycles. The number of rotatable bonds is 4. The van der Waals surface area contributed by atoms with Crippen LogP contribution < -0.4 is 5.32 Å². The van der Waals surface area contributed by atoms with Crippen LogP contribution in [0.25, 0.3) is 0 Å². The quantitative estimate of drug-likeness (QED) is 0.750. The summed E-state index contributed by atoms with van der Waals surface area (Å²) in [6, 6.07) is -0.489. The highest BCUT2D eigenvalue weighted by molar-refractivity contribution is 5.85. The molecule has 18 heavy (non-hydrogen) atoms. The molecule has 0 unspecified atom stereocenters. The Morgan fingerprint density at radius 3 is 2.28 bits per heavy atom. The van der Waals surface area contributed by atoms with Gasteiger partial charge < -0.3 is 15.0 Å². The molecule has 1 rings (SSSR count).